The summed E-state index contributed by atoms with van der Waals surface area (Å²) >= 11 is 0. The molecule has 2 saturated carbocycles. The fourth-order valence-corrected chi connectivity index (χ4v) is 2.45. The maximum Gasteiger partial charge on any atom is 0.0241 e. The van der Waals surface area contributed by atoms with Crippen LogP contribution in [0.4, 0.5) is 0 Å². The lowest BCUT2D eigenvalue weighted by molar-refractivity contribution is 0.146. The average molecular weight is 210 g/mol. The first-order valence-corrected chi connectivity index (χ1v) is 6.64. The Bertz CT molecular complexity index is 181. The smallest absolute Gasteiger partial charge is 0.0241 e. The summed E-state index contributed by atoms with van der Waals surface area (Å²) in [5.41, 5.74) is 5.93. The molecule has 2 aliphatic rings. The zero-order valence-electron chi connectivity index (χ0n) is 10.3. The molecule has 1 unspecified atom stereocenters. The quantitative estimate of drug-likeness (QED) is 0.697. The van der Waals surface area contributed by atoms with Crippen molar-refractivity contribution in [3.8, 4) is 0 Å². The predicted octanol–water partition coefficient (Wildman–Crippen LogP) is 2.09. The van der Waals surface area contributed by atoms with Crippen LogP contribution in [0.3, 0.4) is 0 Å². The molecule has 0 saturated heterocycles. The second-order valence-electron chi connectivity index (χ2n) is 5.89. The van der Waals surface area contributed by atoms with Crippen LogP contribution in [0.1, 0.15) is 39.5 Å². The van der Waals surface area contributed by atoms with Crippen molar-refractivity contribution in [2.24, 2.45) is 23.5 Å². The van der Waals surface area contributed by atoms with E-state index in [9.17, 15) is 0 Å². The highest BCUT2D eigenvalue weighted by Gasteiger charge is 2.32. The third-order valence-corrected chi connectivity index (χ3v) is 3.86. The predicted molar refractivity (Wildman–Crippen MR) is 64.7 cm³/mol. The largest absolute Gasteiger partial charge is 0.329 e. The van der Waals surface area contributed by atoms with Gasteiger partial charge in [0.05, 0.1) is 0 Å². The Morgan fingerprint density at radius 1 is 1.07 bits per heavy atom. The Morgan fingerprint density at radius 2 is 1.53 bits per heavy atom. The minimum absolute atomic E-state index is 0.617. The maximum atomic E-state index is 5.93. The van der Waals surface area contributed by atoms with E-state index in [0.717, 1.165) is 18.4 Å². The molecule has 1 atom stereocenters. The van der Waals surface area contributed by atoms with Crippen molar-refractivity contribution in [3.63, 3.8) is 0 Å². The minimum Gasteiger partial charge on any atom is -0.329 e. The van der Waals surface area contributed by atoms with Crippen LogP contribution >= 0.6 is 0 Å². The third-order valence-electron chi connectivity index (χ3n) is 3.86. The summed E-state index contributed by atoms with van der Waals surface area (Å²) in [6.07, 6.45) is 5.82. The fourth-order valence-electron chi connectivity index (χ4n) is 2.45. The van der Waals surface area contributed by atoms with Gasteiger partial charge < -0.3 is 5.73 Å². The molecule has 2 heteroatoms. The summed E-state index contributed by atoms with van der Waals surface area (Å²) in [6.45, 7) is 8.08. The highest BCUT2D eigenvalue weighted by atomic mass is 15.2. The number of hydrogen-bond acceptors (Lipinski definition) is 2. The van der Waals surface area contributed by atoms with Gasteiger partial charge in [-0.05, 0) is 43.4 Å². The Hall–Kier alpha value is -0.0800. The molecule has 0 aromatic heterocycles. The van der Waals surface area contributed by atoms with Gasteiger partial charge in [0.15, 0.2) is 0 Å². The monoisotopic (exact) mass is 210 g/mol. The number of nitrogens with two attached hydrogens (primary N) is 1. The van der Waals surface area contributed by atoms with Crippen LogP contribution in [0.2, 0.25) is 0 Å². The highest BCUT2D eigenvalue weighted by molar-refractivity contribution is 4.87. The Kier molecular flexibility index (Phi) is 3.68. The lowest BCUT2D eigenvalue weighted by Gasteiger charge is -2.33. The molecule has 2 rings (SSSR count). The maximum absolute atomic E-state index is 5.93. The number of hydrogen-bond donors (Lipinski definition) is 1. The van der Waals surface area contributed by atoms with Crippen molar-refractivity contribution in [2.45, 2.75) is 45.6 Å². The van der Waals surface area contributed by atoms with Crippen LogP contribution in [0.5, 0.6) is 0 Å². The molecule has 0 bridgehead atoms. The van der Waals surface area contributed by atoms with Crippen LogP contribution in [-0.2, 0) is 0 Å². The van der Waals surface area contributed by atoms with Crippen LogP contribution in [-0.4, -0.2) is 30.6 Å². The first-order chi connectivity index (χ1) is 7.20. The van der Waals surface area contributed by atoms with Gasteiger partial charge in [0.2, 0.25) is 0 Å². The first kappa shape index (κ1) is 11.4. The lowest BCUT2D eigenvalue weighted by atomic mass is 10.0. The SMILES string of the molecule is CC(C)C(CN)N(CC1CC1)CC1CC1. The standard InChI is InChI=1S/C13H26N2/c1-10(2)13(7-14)15(8-11-3-4-11)9-12-5-6-12/h10-13H,3-9,14H2,1-2H3. The van der Waals surface area contributed by atoms with Crippen LogP contribution in [0.15, 0.2) is 0 Å². The second-order valence-corrected chi connectivity index (χ2v) is 5.89. The molecule has 0 spiro atoms. The van der Waals surface area contributed by atoms with Crippen molar-refractivity contribution in [3.05, 3.63) is 0 Å². The molecule has 0 aliphatic heterocycles. The molecule has 15 heavy (non-hydrogen) atoms. The van der Waals surface area contributed by atoms with Gasteiger partial charge in [0, 0.05) is 25.7 Å². The Morgan fingerprint density at radius 3 is 1.80 bits per heavy atom. The Labute approximate surface area is 94.2 Å². The van der Waals surface area contributed by atoms with E-state index in [2.05, 4.69) is 18.7 Å². The van der Waals surface area contributed by atoms with Gasteiger partial charge in [-0.25, -0.2) is 0 Å². The molecule has 2 aliphatic carbocycles. The molecule has 0 aromatic carbocycles. The average Bonchev–Trinajstić information content (AvgIpc) is 2.98. The van der Waals surface area contributed by atoms with E-state index in [1.165, 1.54) is 38.8 Å². The summed E-state index contributed by atoms with van der Waals surface area (Å²) in [5, 5.41) is 0. The van der Waals surface area contributed by atoms with Crippen molar-refractivity contribution < 1.29 is 0 Å². The van der Waals surface area contributed by atoms with Crippen molar-refractivity contribution >= 4 is 0 Å². The van der Waals surface area contributed by atoms with Crippen molar-refractivity contribution in [1.29, 1.82) is 0 Å². The number of nitrogens with zero attached hydrogens (tertiary/aromatic N) is 1. The summed E-state index contributed by atoms with van der Waals surface area (Å²) in [5.74, 6) is 2.69. The third kappa shape index (κ3) is 3.46. The Balaban J connectivity index is 1.87. The van der Waals surface area contributed by atoms with Crippen molar-refractivity contribution in [1.82, 2.24) is 4.90 Å². The van der Waals surface area contributed by atoms with E-state index >= 15 is 0 Å². The zero-order chi connectivity index (χ0) is 10.8. The van der Waals surface area contributed by atoms with E-state index in [-0.39, 0.29) is 0 Å². The number of rotatable bonds is 7. The van der Waals surface area contributed by atoms with Crippen LogP contribution < -0.4 is 5.73 Å². The van der Waals surface area contributed by atoms with E-state index < -0.39 is 0 Å². The van der Waals surface area contributed by atoms with Gasteiger partial charge >= 0.3 is 0 Å². The molecular formula is C13H26N2. The van der Waals surface area contributed by atoms with Gasteiger partial charge in [0.25, 0.3) is 0 Å². The van der Waals surface area contributed by atoms with Gasteiger partial charge in [0.1, 0.15) is 0 Å². The summed E-state index contributed by atoms with van der Waals surface area (Å²) < 4.78 is 0. The summed E-state index contributed by atoms with van der Waals surface area (Å²) in [6, 6.07) is 0.617. The topological polar surface area (TPSA) is 29.3 Å². The molecule has 2 N–H and O–H groups in total. The molecule has 0 heterocycles. The summed E-state index contributed by atoms with van der Waals surface area (Å²) in [7, 11) is 0. The van der Waals surface area contributed by atoms with E-state index in [0.29, 0.717) is 12.0 Å². The molecule has 88 valence electrons. The molecule has 0 amide bonds. The first-order valence-electron chi connectivity index (χ1n) is 6.64. The normalized spacial score (nSPS) is 23.8. The van der Waals surface area contributed by atoms with Gasteiger partial charge in [-0.15, -0.1) is 0 Å². The fraction of sp³-hybridized carbons (Fsp3) is 1.00. The van der Waals surface area contributed by atoms with Gasteiger partial charge in [-0.2, -0.15) is 0 Å². The van der Waals surface area contributed by atoms with Crippen LogP contribution in [0.25, 0.3) is 0 Å². The molecule has 2 nitrogen and oxygen atoms in total. The van der Waals surface area contributed by atoms with Crippen LogP contribution in [0, 0.1) is 17.8 Å². The summed E-state index contributed by atoms with van der Waals surface area (Å²) in [4.78, 5) is 2.69. The molecular weight excluding hydrogens is 184 g/mol. The highest BCUT2D eigenvalue weighted by Crippen LogP contribution is 2.35. The zero-order valence-corrected chi connectivity index (χ0v) is 10.3. The van der Waals surface area contributed by atoms with Gasteiger partial charge in [-0.1, -0.05) is 13.8 Å². The van der Waals surface area contributed by atoms with Gasteiger partial charge in [-0.3, -0.25) is 4.90 Å². The van der Waals surface area contributed by atoms with E-state index in [1.54, 1.807) is 0 Å². The molecule has 0 radical (unpaired) electrons. The minimum atomic E-state index is 0.617. The van der Waals surface area contributed by atoms with Crippen molar-refractivity contribution in [2.75, 3.05) is 19.6 Å². The lowest BCUT2D eigenvalue weighted by Crippen LogP contribution is -2.46. The molecule has 2 fully saturated rings. The van der Waals surface area contributed by atoms with E-state index in [1.807, 2.05) is 0 Å². The van der Waals surface area contributed by atoms with E-state index in [4.69, 9.17) is 5.73 Å². The second kappa shape index (κ2) is 4.84. The molecule has 0 aromatic rings.